The first-order valence-electron chi connectivity index (χ1n) is 3.55. The Balaban J connectivity index is 3.00. The first kappa shape index (κ1) is 10.4. The Morgan fingerprint density at radius 1 is 1.36 bits per heavy atom. The summed E-state index contributed by atoms with van der Waals surface area (Å²) < 4.78 is 36.0. The molecule has 3 nitrogen and oxygen atoms in total. The summed E-state index contributed by atoms with van der Waals surface area (Å²) in [5, 5.41) is 7.23. The van der Waals surface area contributed by atoms with Crippen molar-refractivity contribution in [2.24, 2.45) is 0 Å². The standard InChI is InChI=1S/C8H6F3N3/c1-2-6(12)5-3-13-7(14-4-5)8(9,10)11/h2-4,12H,1H2. The van der Waals surface area contributed by atoms with Crippen LogP contribution in [-0.4, -0.2) is 15.7 Å². The highest BCUT2D eigenvalue weighted by atomic mass is 19.4. The lowest BCUT2D eigenvalue weighted by atomic mass is 10.2. The van der Waals surface area contributed by atoms with Crippen molar-refractivity contribution in [1.29, 1.82) is 5.41 Å². The van der Waals surface area contributed by atoms with Gasteiger partial charge in [0.15, 0.2) is 0 Å². The molecule has 1 aromatic rings. The van der Waals surface area contributed by atoms with Crippen LogP contribution >= 0.6 is 0 Å². The van der Waals surface area contributed by atoms with Crippen molar-refractivity contribution >= 4 is 5.71 Å². The Hall–Kier alpha value is -1.72. The molecule has 0 saturated carbocycles. The average Bonchev–Trinajstić information content (AvgIpc) is 2.15. The SMILES string of the molecule is C=CC(=N)c1cnc(C(F)(F)F)nc1. The molecular weight excluding hydrogens is 195 g/mol. The molecule has 0 fully saturated rings. The second-order valence-electron chi connectivity index (χ2n) is 2.41. The monoisotopic (exact) mass is 201 g/mol. The van der Waals surface area contributed by atoms with Crippen LogP contribution in [-0.2, 0) is 6.18 Å². The van der Waals surface area contributed by atoms with E-state index in [9.17, 15) is 13.2 Å². The largest absolute Gasteiger partial charge is 0.451 e. The predicted octanol–water partition coefficient (Wildman–Crippen LogP) is 2.05. The summed E-state index contributed by atoms with van der Waals surface area (Å²) in [5.74, 6) is -1.21. The van der Waals surface area contributed by atoms with Gasteiger partial charge in [-0.3, -0.25) is 0 Å². The number of hydrogen-bond acceptors (Lipinski definition) is 3. The average molecular weight is 201 g/mol. The number of hydrogen-bond donors (Lipinski definition) is 1. The Bertz CT molecular complexity index is 353. The number of allylic oxidation sites excluding steroid dienone is 1. The van der Waals surface area contributed by atoms with Crippen molar-refractivity contribution in [3.8, 4) is 0 Å². The summed E-state index contributed by atoms with van der Waals surface area (Å²) in [7, 11) is 0. The molecule has 0 amide bonds. The zero-order valence-electron chi connectivity index (χ0n) is 6.97. The molecule has 0 unspecified atom stereocenters. The van der Waals surface area contributed by atoms with E-state index in [0.717, 1.165) is 12.4 Å². The van der Waals surface area contributed by atoms with E-state index in [1.807, 2.05) is 0 Å². The van der Waals surface area contributed by atoms with Crippen LogP contribution in [0.1, 0.15) is 11.4 Å². The van der Waals surface area contributed by atoms with Crippen molar-refractivity contribution in [2.75, 3.05) is 0 Å². The second-order valence-corrected chi connectivity index (χ2v) is 2.41. The van der Waals surface area contributed by atoms with E-state index >= 15 is 0 Å². The van der Waals surface area contributed by atoms with Gasteiger partial charge >= 0.3 is 6.18 Å². The topological polar surface area (TPSA) is 49.6 Å². The highest BCUT2D eigenvalue weighted by molar-refractivity contribution is 6.05. The van der Waals surface area contributed by atoms with Gasteiger partial charge in [0, 0.05) is 18.0 Å². The van der Waals surface area contributed by atoms with Gasteiger partial charge in [0.1, 0.15) is 0 Å². The van der Waals surface area contributed by atoms with Gasteiger partial charge in [-0.05, 0) is 6.08 Å². The van der Waals surface area contributed by atoms with Crippen molar-refractivity contribution in [1.82, 2.24) is 9.97 Å². The predicted molar refractivity (Wildman–Crippen MR) is 44.1 cm³/mol. The summed E-state index contributed by atoms with van der Waals surface area (Å²) >= 11 is 0. The second kappa shape index (κ2) is 3.57. The van der Waals surface area contributed by atoms with E-state index in [4.69, 9.17) is 5.41 Å². The molecule has 0 spiro atoms. The van der Waals surface area contributed by atoms with Gasteiger partial charge in [0.25, 0.3) is 0 Å². The van der Waals surface area contributed by atoms with Crippen LogP contribution in [0, 0.1) is 5.41 Å². The summed E-state index contributed by atoms with van der Waals surface area (Å²) in [5.41, 5.74) is 0.187. The third-order valence-corrected chi connectivity index (χ3v) is 1.42. The van der Waals surface area contributed by atoms with Crippen molar-refractivity contribution < 1.29 is 13.2 Å². The number of halogens is 3. The van der Waals surface area contributed by atoms with E-state index in [1.165, 1.54) is 6.08 Å². The quantitative estimate of drug-likeness (QED) is 0.744. The van der Waals surface area contributed by atoms with Crippen LogP contribution in [0.3, 0.4) is 0 Å². The number of rotatable bonds is 2. The van der Waals surface area contributed by atoms with Crippen LogP contribution in [0.25, 0.3) is 0 Å². The molecule has 1 N–H and O–H groups in total. The lowest BCUT2D eigenvalue weighted by Crippen LogP contribution is -2.11. The molecule has 0 aliphatic carbocycles. The Morgan fingerprint density at radius 2 is 1.86 bits per heavy atom. The van der Waals surface area contributed by atoms with Gasteiger partial charge in [-0.1, -0.05) is 6.58 Å². The fourth-order valence-electron chi connectivity index (χ4n) is 0.731. The van der Waals surface area contributed by atoms with Crippen molar-refractivity contribution in [3.05, 3.63) is 36.4 Å². The van der Waals surface area contributed by atoms with Gasteiger partial charge in [0.05, 0.1) is 5.71 Å². The lowest BCUT2D eigenvalue weighted by molar-refractivity contribution is -0.145. The van der Waals surface area contributed by atoms with Crippen LogP contribution in [0.15, 0.2) is 25.0 Å². The summed E-state index contributed by atoms with van der Waals surface area (Å²) in [6.45, 7) is 3.31. The third-order valence-electron chi connectivity index (χ3n) is 1.42. The zero-order chi connectivity index (χ0) is 10.8. The molecule has 0 aromatic carbocycles. The number of aromatic nitrogens is 2. The highest BCUT2D eigenvalue weighted by Gasteiger charge is 2.34. The van der Waals surface area contributed by atoms with Crippen molar-refractivity contribution in [3.63, 3.8) is 0 Å². The Kier molecular flexibility index (Phi) is 2.64. The Labute approximate surface area is 77.8 Å². The van der Waals surface area contributed by atoms with Crippen LogP contribution in [0.5, 0.6) is 0 Å². The lowest BCUT2D eigenvalue weighted by Gasteiger charge is -2.04. The molecule has 0 bridgehead atoms. The summed E-state index contributed by atoms with van der Waals surface area (Å²) in [4.78, 5) is 6.19. The highest BCUT2D eigenvalue weighted by Crippen LogP contribution is 2.25. The van der Waals surface area contributed by atoms with Gasteiger partial charge in [0.2, 0.25) is 5.82 Å². The number of alkyl halides is 3. The van der Waals surface area contributed by atoms with E-state index in [-0.39, 0.29) is 11.3 Å². The van der Waals surface area contributed by atoms with E-state index in [0.29, 0.717) is 0 Å². The minimum absolute atomic E-state index is 0.0151. The molecule has 6 heteroatoms. The molecule has 1 rings (SSSR count). The first-order chi connectivity index (χ1) is 6.45. The van der Waals surface area contributed by atoms with Crippen molar-refractivity contribution in [2.45, 2.75) is 6.18 Å². The van der Waals surface area contributed by atoms with Crippen LogP contribution < -0.4 is 0 Å². The maximum absolute atomic E-state index is 12.0. The smallest absolute Gasteiger partial charge is 0.300 e. The van der Waals surface area contributed by atoms with E-state index in [2.05, 4.69) is 16.5 Å². The fraction of sp³-hybridized carbons (Fsp3) is 0.125. The molecule has 0 radical (unpaired) electrons. The molecule has 74 valence electrons. The molecule has 0 aliphatic rings. The number of nitrogens with one attached hydrogen (secondary N) is 1. The molecule has 1 aromatic heterocycles. The van der Waals surface area contributed by atoms with Gasteiger partial charge in [-0.25, -0.2) is 9.97 Å². The summed E-state index contributed by atoms with van der Waals surface area (Å²) in [6.07, 6.45) is -1.46. The van der Waals surface area contributed by atoms with Gasteiger partial charge in [-0.15, -0.1) is 0 Å². The maximum Gasteiger partial charge on any atom is 0.451 e. The minimum atomic E-state index is -4.55. The van der Waals surface area contributed by atoms with Gasteiger partial charge in [-0.2, -0.15) is 13.2 Å². The molecule has 1 heterocycles. The van der Waals surface area contributed by atoms with Crippen LogP contribution in [0.2, 0.25) is 0 Å². The Morgan fingerprint density at radius 3 is 2.21 bits per heavy atom. The third kappa shape index (κ3) is 2.15. The summed E-state index contributed by atoms with van der Waals surface area (Å²) in [6, 6.07) is 0. The van der Waals surface area contributed by atoms with E-state index < -0.39 is 12.0 Å². The zero-order valence-corrected chi connectivity index (χ0v) is 6.97. The fourth-order valence-corrected chi connectivity index (χ4v) is 0.731. The first-order valence-corrected chi connectivity index (χ1v) is 3.55. The van der Waals surface area contributed by atoms with E-state index in [1.54, 1.807) is 0 Å². The molecule has 0 aliphatic heterocycles. The normalized spacial score (nSPS) is 11.1. The molecule has 14 heavy (non-hydrogen) atoms. The molecule has 0 saturated heterocycles. The molecular formula is C8H6F3N3. The molecule has 0 atom stereocenters. The van der Waals surface area contributed by atoms with Crippen LogP contribution in [0.4, 0.5) is 13.2 Å². The number of nitrogens with zero attached hydrogens (tertiary/aromatic N) is 2. The minimum Gasteiger partial charge on any atom is -0.300 e. The maximum atomic E-state index is 12.0. The van der Waals surface area contributed by atoms with Gasteiger partial charge < -0.3 is 5.41 Å².